The topological polar surface area (TPSA) is 52.0 Å². The molecule has 4 rings (SSSR count). The van der Waals surface area contributed by atoms with Crippen molar-refractivity contribution in [2.75, 3.05) is 11.5 Å². The second-order valence-corrected chi connectivity index (χ2v) is 6.59. The third-order valence-corrected chi connectivity index (χ3v) is 4.80. The Bertz CT molecular complexity index is 818. The standard InChI is InChI=1S/C19H15BrN2/c20-12-3-1-11(2-4-12)19-17-9-13(21)5-7-15(17)16-8-6-14(22)10-18(16)19/h1-10,19H,21-22H2. The fraction of sp³-hybridized carbons (Fsp3) is 0.0526. The number of fused-ring (bicyclic) bond motifs is 3. The van der Waals surface area contributed by atoms with Crippen LogP contribution in [0.4, 0.5) is 11.4 Å². The quantitative estimate of drug-likeness (QED) is 0.485. The van der Waals surface area contributed by atoms with Gasteiger partial charge in [0.1, 0.15) is 0 Å². The van der Waals surface area contributed by atoms with Crippen molar-refractivity contribution in [2.45, 2.75) is 5.92 Å². The first-order valence-electron chi connectivity index (χ1n) is 7.18. The lowest BCUT2D eigenvalue weighted by atomic mass is 9.89. The van der Waals surface area contributed by atoms with Crippen molar-refractivity contribution in [2.24, 2.45) is 0 Å². The van der Waals surface area contributed by atoms with Gasteiger partial charge in [-0.2, -0.15) is 0 Å². The molecule has 0 aromatic heterocycles. The van der Waals surface area contributed by atoms with E-state index in [-0.39, 0.29) is 5.92 Å². The molecule has 0 radical (unpaired) electrons. The lowest BCUT2D eigenvalue weighted by molar-refractivity contribution is 1.02. The zero-order valence-corrected chi connectivity index (χ0v) is 13.5. The molecule has 0 atom stereocenters. The maximum atomic E-state index is 6.03. The van der Waals surface area contributed by atoms with Gasteiger partial charge in [-0.05, 0) is 64.2 Å². The second-order valence-electron chi connectivity index (χ2n) is 5.68. The van der Waals surface area contributed by atoms with Crippen molar-refractivity contribution >= 4 is 27.3 Å². The third kappa shape index (κ3) is 2.01. The summed E-state index contributed by atoms with van der Waals surface area (Å²) in [5.41, 5.74) is 19.9. The molecule has 2 nitrogen and oxygen atoms in total. The molecule has 108 valence electrons. The van der Waals surface area contributed by atoms with Crippen molar-refractivity contribution < 1.29 is 0 Å². The summed E-state index contributed by atoms with van der Waals surface area (Å²) in [5.74, 6) is 0.185. The average molecular weight is 351 g/mol. The van der Waals surface area contributed by atoms with Gasteiger partial charge in [-0.15, -0.1) is 0 Å². The first-order valence-corrected chi connectivity index (χ1v) is 7.97. The summed E-state index contributed by atoms with van der Waals surface area (Å²) in [5, 5.41) is 0. The first-order chi connectivity index (χ1) is 10.6. The highest BCUT2D eigenvalue weighted by Crippen LogP contribution is 2.49. The Morgan fingerprint density at radius 3 is 1.68 bits per heavy atom. The number of halogens is 1. The van der Waals surface area contributed by atoms with E-state index in [0.29, 0.717) is 0 Å². The van der Waals surface area contributed by atoms with E-state index in [1.165, 1.54) is 27.8 Å². The zero-order chi connectivity index (χ0) is 15.3. The van der Waals surface area contributed by atoms with Crippen molar-refractivity contribution in [1.29, 1.82) is 0 Å². The second kappa shape index (κ2) is 4.89. The van der Waals surface area contributed by atoms with E-state index in [1.54, 1.807) is 0 Å². The van der Waals surface area contributed by atoms with Gasteiger partial charge < -0.3 is 11.5 Å². The van der Waals surface area contributed by atoms with Crippen LogP contribution < -0.4 is 11.5 Å². The number of hydrogen-bond acceptors (Lipinski definition) is 2. The fourth-order valence-corrected chi connectivity index (χ4v) is 3.58. The molecule has 3 heteroatoms. The van der Waals surface area contributed by atoms with Gasteiger partial charge in [0.2, 0.25) is 0 Å². The predicted octanol–water partition coefficient (Wildman–Crippen LogP) is 4.77. The van der Waals surface area contributed by atoms with Gasteiger partial charge in [0.15, 0.2) is 0 Å². The lowest BCUT2D eigenvalue weighted by Gasteiger charge is -2.15. The Morgan fingerprint density at radius 2 is 1.18 bits per heavy atom. The van der Waals surface area contributed by atoms with Gasteiger partial charge in [-0.25, -0.2) is 0 Å². The van der Waals surface area contributed by atoms with E-state index in [0.717, 1.165) is 15.8 Å². The van der Waals surface area contributed by atoms with Crippen molar-refractivity contribution in [3.05, 3.63) is 81.8 Å². The van der Waals surface area contributed by atoms with Gasteiger partial charge in [0.25, 0.3) is 0 Å². The summed E-state index contributed by atoms with van der Waals surface area (Å²) < 4.78 is 1.08. The average Bonchev–Trinajstić information content (AvgIpc) is 2.80. The van der Waals surface area contributed by atoms with E-state index < -0.39 is 0 Å². The Morgan fingerprint density at radius 1 is 0.682 bits per heavy atom. The van der Waals surface area contributed by atoms with E-state index in [9.17, 15) is 0 Å². The monoisotopic (exact) mass is 350 g/mol. The number of nitrogen functional groups attached to an aromatic ring is 2. The molecule has 3 aromatic carbocycles. The minimum Gasteiger partial charge on any atom is -0.399 e. The van der Waals surface area contributed by atoms with Gasteiger partial charge >= 0.3 is 0 Å². The molecule has 3 aromatic rings. The minimum atomic E-state index is 0.185. The van der Waals surface area contributed by atoms with E-state index in [4.69, 9.17) is 11.5 Å². The van der Waals surface area contributed by atoms with E-state index in [1.807, 2.05) is 12.1 Å². The van der Waals surface area contributed by atoms with Gasteiger partial charge in [-0.1, -0.05) is 40.2 Å². The summed E-state index contributed by atoms with van der Waals surface area (Å²) in [4.78, 5) is 0. The molecule has 0 fully saturated rings. The molecule has 0 spiro atoms. The smallest absolute Gasteiger partial charge is 0.0353 e. The largest absolute Gasteiger partial charge is 0.399 e. The normalized spacial score (nSPS) is 13.0. The lowest BCUT2D eigenvalue weighted by Crippen LogP contribution is -2.00. The van der Waals surface area contributed by atoms with Gasteiger partial charge in [0, 0.05) is 21.8 Å². The minimum absolute atomic E-state index is 0.185. The molecule has 0 saturated heterocycles. The predicted molar refractivity (Wildman–Crippen MR) is 95.8 cm³/mol. The number of rotatable bonds is 1. The Hall–Kier alpha value is -2.26. The Labute approximate surface area is 137 Å². The van der Waals surface area contributed by atoms with Crippen molar-refractivity contribution in [1.82, 2.24) is 0 Å². The summed E-state index contributed by atoms with van der Waals surface area (Å²) in [6.07, 6.45) is 0. The van der Waals surface area contributed by atoms with Gasteiger partial charge in [-0.3, -0.25) is 0 Å². The van der Waals surface area contributed by atoms with E-state index >= 15 is 0 Å². The Balaban J connectivity index is 1.99. The van der Waals surface area contributed by atoms with Crippen LogP contribution >= 0.6 is 15.9 Å². The zero-order valence-electron chi connectivity index (χ0n) is 11.9. The van der Waals surface area contributed by atoms with Crippen LogP contribution in [0.25, 0.3) is 11.1 Å². The molecule has 0 bridgehead atoms. The first kappa shape index (κ1) is 13.4. The molecule has 22 heavy (non-hydrogen) atoms. The van der Waals surface area contributed by atoms with Crippen LogP contribution in [-0.2, 0) is 0 Å². The Kier molecular flexibility index (Phi) is 2.98. The summed E-state index contributed by atoms with van der Waals surface area (Å²) in [6.45, 7) is 0. The molecule has 1 aliphatic carbocycles. The fourth-order valence-electron chi connectivity index (χ4n) is 3.31. The van der Waals surface area contributed by atoms with Crippen LogP contribution in [0.3, 0.4) is 0 Å². The molecule has 0 aliphatic heterocycles. The number of hydrogen-bond donors (Lipinski definition) is 2. The van der Waals surface area contributed by atoms with Crippen molar-refractivity contribution in [3.63, 3.8) is 0 Å². The highest BCUT2D eigenvalue weighted by atomic mass is 79.9. The van der Waals surface area contributed by atoms with Gasteiger partial charge in [0.05, 0.1) is 0 Å². The summed E-state index contributed by atoms with van der Waals surface area (Å²) >= 11 is 3.50. The van der Waals surface area contributed by atoms with Crippen LogP contribution in [0, 0.1) is 0 Å². The number of anilines is 2. The maximum absolute atomic E-state index is 6.03. The molecule has 0 unspecified atom stereocenters. The van der Waals surface area contributed by atoms with Crippen molar-refractivity contribution in [3.8, 4) is 11.1 Å². The summed E-state index contributed by atoms with van der Waals surface area (Å²) in [7, 11) is 0. The number of nitrogens with two attached hydrogens (primary N) is 2. The third-order valence-electron chi connectivity index (χ3n) is 4.27. The molecular formula is C19H15BrN2. The van der Waals surface area contributed by atoms with Crippen LogP contribution in [0.1, 0.15) is 22.6 Å². The van der Waals surface area contributed by atoms with Crippen LogP contribution in [0.15, 0.2) is 65.1 Å². The van der Waals surface area contributed by atoms with E-state index in [2.05, 4.69) is 64.5 Å². The maximum Gasteiger partial charge on any atom is 0.0353 e. The van der Waals surface area contributed by atoms with Crippen LogP contribution in [0.2, 0.25) is 0 Å². The molecule has 4 N–H and O–H groups in total. The van der Waals surface area contributed by atoms with Crippen LogP contribution in [-0.4, -0.2) is 0 Å². The molecule has 0 amide bonds. The molecular weight excluding hydrogens is 336 g/mol. The highest BCUT2D eigenvalue weighted by molar-refractivity contribution is 9.10. The number of benzene rings is 3. The SMILES string of the molecule is Nc1ccc2c(c1)C(c1ccc(Br)cc1)c1cc(N)ccc1-2. The summed E-state index contributed by atoms with van der Waals surface area (Å²) in [6, 6.07) is 20.8. The molecule has 0 saturated carbocycles. The molecule has 1 aliphatic rings. The highest BCUT2D eigenvalue weighted by Gasteiger charge is 2.30. The van der Waals surface area contributed by atoms with Crippen LogP contribution in [0.5, 0.6) is 0 Å². The molecule has 0 heterocycles.